The first-order valence-electron chi connectivity index (χ1n) is 9.04. The fourth-order valence-electron chi connectivity index (χ4n) is 2.86. The van der Waals surface area contributed by atoms with Crippen LogP contribution in [0.5, 0.6) is 0 Å². The molecule has 1 aromatic heterocycles. The highest BCUT2D eigenvalue weighted by atomic mass is 32.2. The van der Waals surface area contributed by atoms with Gasteiger partial charge >= 0.3 is 0 Å². The average Bonchev–Trinajstić information content (AvgIpc) is 2.76. The van der Waals surface area contributed by atoms with Crippen LogP contribution in [-0.4, -0.2) is 23.5 Å². The zero-order valence-corrected chi connectivity index (χ0v) is 17.3. The maximum Gasteiger partial charge on any atom is 0.246 e. The van der Waals surface area contributed by atoms with E-state index in [1.54, 1.807) is 0 Å². The van der Waals surface area contributed by atoms with Crippen LogP contribution in [0.4, 0.5) is 22.0 Å². The predicted octanol–water partition coefficient (Wildman–Crippen LogP) is 4.37. The van der Waals surface area contributed by atoms with Gasteiger partial charge in [-0.15, -0.1) is 0 Å². The molecule has 0 N–H and O–H groups in total. The van der Waals surface area contributed by atoms with E-state index in [9.17, 15) is 35.2 Å². The van der Waals surface area contributed by atoms with E-state index >= 15 is 0 Å². The Hall–Kier alpha value is -3.18. The number of hydrogen-bond acceptors (Lipinski definition) is 4. The van der Waals surface area contributed by atoms with Crippen molar-refractivity contribution in [1.29, 1.82) is 0 Å². The number of sulfonamides is 1. The van der Waals surface area contributed by atoms with Crippen LogP contribution in [0.15, 0.2) is 53.6 Å². The van der Waals surface area contributed by atoms with Crippen LogP contribution in [0.1, 0.15) is 28.4 Å². The number of pyridine rings is 1. The quantitative estimate of drug-likeness (QED) is 0.169. The monoisotopic (exact) mass is 470 g/mol. The van der Waals surface area contributed by atoms with Crippen LogP contribution in [-0.2, 0) is 23.1 Å². The standard InChI is InChI=1S/C21H15F5N2O3S/c1-12(29)15-5-2-13(3-6-15)10-28(11-14-4-7-18(23)27-9-14)32(30,31)17-8-16(22)19(24)21(26)20(17)25/h2-9H,10-11H2,1H3. The van der Waals surface area contributed by atoms with Gasteiger partial charge in [-0.25, -0.2) is 31.0 Å². The summed E-state index contributed by atoms with van der Waals surface area (Å²) in [6.45, 7) is 0.468. The predicted molar refractivity (Wildman–Crippen MR) is 103 cm³/mol. The van der Waals surface area contributed by atoms with E-state index in [4.69, 9.17) is 0 Å². The third-order valence-corrected chi connectivity index (χ3v) is 6.34. The Morgan fingerprint density at radius 1 is 0.875 bits per heavy atom. The lowest BCUT2D eigenvalue weighted by atomic mass is 10.1. The number of nitrogens with zero attached hydrogens (tertiary/aromatic N) is 2. The van der Waals surface area contributed by atoms with Crippen molar-refractivity contribution < 1.29 is 35.2 Å². The van der Waals surface area contributed by atoms with Gasteiger partial charge in [0.15, 0.2) is 29.1 Å². The maximum atomic E-state index is 14.3. The third-order valence-electron chi connectivity index (χ3n) is 4.55. The molecule has 0 amide bonds. The molecule has 3 aromatic rings. The molecular weight excluding hydrogens is 455 g/mol. The molecule has 1 heterocycles. The molecular formula is C21H15F5N2O3S. The lowest BCUT2D eigenvalue weighted by Crippen LogP contribution is -2.31. The van der Waals surface area contributed by atoms with E-state index in [0.29, 0.717) is 15.4 Å². The van der Waals surface area contributed by atoms with Gasteiger partial charge in [0.05, 0.1) is 0 Å². The van der Waals surface area contributed by atoms with Crippen molar-refractivity contribution in [3.63, 3.8) is 0 Å². The number of rotatable bonds is 7. The lowest BCUT2D eigenvalue weighted by molar-refractivity contribution is 0.101. The minimum Gasteiger partial charge on any atom is -0.295 e. The van der Waals surface area contributed by atoms with Crippen molar-refractivity contribution in [2.45, 2.75) is 24.9 Å². The second-order valence-electron chi connectivity index (χ2n) is 6.81. The molecule has 0 atom stereocenters. The summed E-state index contributed by atoms with van der Waals surface area (Å²) in [5, 5.41) is 0. The minimum atomic E-state index is -4.90. The van der Waals surface area contributed by atoms with Gasteiger partial charge in [-0.05, 0) is 24.1 Å². The smallest absolute Gasteiger partial charge is 0.246 e. The van der Waals surface area contributed by atoms with Crippen LogP contribution in [0.25, 0.3) is 0 Å². The van der Waals surface area contributed by atoms with Gasteiger partial charge in [0, 0.05) is 30.9 Å². The summed E-state index contributed by atoms with van der Waals surface area (Å²) in [5.74, 6) is -9.41. The van der Waals surface area contributed by atoms with Gasteiger partial charge < -0.3 is 0 Å². The highest BCUT2D eigenvalue weighted by molar-refractivity contribution is 7.89. The van der Waals surface area contributed by atoms with Gasteiger partial charge in [0.2, 0.25) is 16.0 Å². The highest BCUT2D eigenvalue weighted by Gasteiger charge is 2.32. The largest absolute Gasteiger partial charge is 0.295 e. The van der Waals surface area contributed by atoms with Crippen LogP contribution < -0.4 is 0 Å². The highest BCUT2D eigenvalue weighted by Crippen LogP contribution is 2.27. The first kappa shape index (κ1) is 23.5. The number of carbonyl (C=O) groups is 1. The number of halogens is 5. The zero-order valence-electron chi connectivity index (χ0n) is 16.5. The van der Waals surface area contributed by atoms with Crippen molar-refractivity contribution in [2.75, 3.05) is 0 Å². The van der Waals surface area contributed by atoms with Crippen LogP contribution in [0.2, 0.25) is 0 Å². The number of aromatic nitrogens is 1. The van der Waals surface area contributed by atoms with Gasteiger partial charge in [0.1, 0.15) is 4.90 Å². The molecule has 0 aliphatic carbocycles. The molecule has 0 spiro atoms. The molecule has 0 aliphatic heterocycles. The van der Waals surface area contributed by atoms with Crippen LogP contribution >= 0.6 is 0 Å². The molecule has 0 unspecified atom stereocenters. The Kier molecular flexibility index (Phi) is 6.70. The summed E-state index contributed by atoms with van der Waals surface area (Å²) in [4.78, 5) is 13.4. The van der Waals surface area contributed by atoms with Crippen molar-refractivity contribution in [3.05, 3.63) is 94.6 Å². The Morgan fingerprint density at radius 2 is 1.47 bits per heavy atom. The molecule has 0 saturated carbocycles. The van der Waals surface area contributed by atoms with E-state index in [0.717, 1.165) is 12.3 Å². The van der Waals surface area contributed by atoms with E-state index < -0.39 is 57.2 Å². The fraction of sp³-hybridized carbons (Fsp3) is 0.143. The molecule has 0 fully saturated rings. The van der Waals surface area contributed by atoms with Crippen LogP contribution in [0, 0.1) is 29.2 Å². The van der Waals surface area contributed by atoms with Crippen molar-refractivity contribution in [2.24, 2.45) is 0 Å². The van der Waals surface area contributed by atoms with Gasteiger partial charge in [-0.3, -0.25) is 4.79 Å². The number of hydrogen-bond donors (Lipinski definition) is 0. The second-order valence-corrected chi connectivity index (χ2v) is 8.72. The number of Topliss-reactive ketones (excluding diaryl/α,β-unsaturated/α-hetero) is 1. The molecule has 0 radical (unpaired) electrons. The number of carbonyl (C=O) groups excluding carboxylic acids is 1. The summed E-state index contributed by atoms with van der Waals surface area (Å²) in [6, 6.07) is 8.04. The van der Waals surface area contributed by atoms with Crippen molar-refractivity contribution in [3.8, 4) is 0 Å². The molecule has 32 heavy (non-hydrogen) atoms. The van der Waals surface area contributed by atoms with Gasteiger partial charge in [-0.2, -0.15) is 8.70 Å². The number of benzene rings is 2. The van der Waals surface area contributed by atoms with Crippen molar-refractivity contribution >= 4 is 15.8 Å². The summed E-state index contributed by atoms with van der Waals surface area (Å²) in [6.07, 6.45) is 1.04. The Balaban J connectivity index is 2.06. The summed E-state index contributed by atoms with van der Waals surface area (Å²) in [5.41, 5.74) is 0.913. The van der Waals surface area contributed by atoms with E-state index in [2.05, 4.69) is 4.98 Å². The second kappa shape index (κ2) is 9.13. The molecule has 0 saturated heterocycles. The molecule has 3 rings (SSSR count). The topological polar surface area (TPSA) is 67.3 Å². The van der Waals surface area contributed by atoms with E-state index in [-0.39, 0.29) is 17.4 Å². The first-order valence-corrected chi connectivity index (χ1v) is 10.5. The normalized spacial score (nSPS) is 11.7. The van der Waals surface area contributed by atoms with Crippen LogP contribution in [0.3, 0.4) is 0 Å². The van der Waals surface area contributed by atoms with E-state index in [1.807, 2.05) is 0 Å². The molecule has 2 aromatic carbocycles. The van der Waals surface area contributed by atoms with Crippen molar-refractivity contribution in [1.82, 2.24) is 9.29 Å². The maximum absolute atomic E-state index is 14.3. The molecule has 5 nitrogen and oxygen atoms in total. The van der Waals surface area contributed by atoms with Gasteiger partial charge in [0.25, 0.3) is 0 Å². The lowest BCUT2D eigenvalue weighted by Gasteiger charge is -2.23. The molecule has 168 valence electrons. The third kappa shape index (κ3) is 4.83. The molecule has 11 heteroatoms. The Labute approximate surface area is 180 Å². The minimum absolute atomic E-state index is 0.0534. The Morgan fingerprint density at radius 3 is 2.03 bits per heavy atom. The summed E-state index contributed by atoms with van der Waals surface area (Å²) >= 11 is 0. The summed E-state index contributed by atoms with van der Waals surface area (Å²) in [7, 11) is -4.90. The van der Waals surface area contributed by atoms with E-state index in [1.165, 1.54) is 37.3 Å². The molecule has 0 aliphatic rings. The number of ketones is 1. The molecule has 0 bridgehead atoms. The zero-order chi connectivity index (χ0) is 23.6. The first-order chi connectivity index (χ1) is 15.0. The Bertz CT molecular complexity index is 1260. The fourth-order valence-corrected chi connectivity index (χ4v) is 4.34. The summed E-state index contributed by atoms with van der Waals surface area (Å²) < 4.78 is 95.0. The van der Waals surface area contributed by atoms with Gasteiger partial charge in [-0.1, -0.05) is 30.3 Å². The average molecular weight is 470 g/mol. The SMILES string of the molecule is CC(=O)c1ccc(CN(Cc2ccc(F)nc2)S(=O)(=O)c2cc(F)c(F)c(F)c2F)cc1.